The molecule has 3 aliphatic rings. The monoisotopic (exact) mass is 763 g/mol. The van der Waals surface area contributed by atoms with Crippen molar-refractivity contribution in [1.82, 2.24) is 14.8 Å². The van der Waals surface area contributed by atoms with Crippen LogP contribution in [0.2, 0.25) is 5.02 Å². The fourth-order valence-corrected chi connectivity index (χ4v) is 8.42. The van der Waals surface area contributed by atoms with Gasteiger partial charge in [-0.1, -0.05) is 37.6 Å². The molecule has 3 aromatic rings. The fourth-order valence-electron chi connectivity index (χ4n) is 8.25. The number of carbonyl (C=O) groups excluding carboxylic acids is 3. The first-order valence-corrected chi connectivity index (χ1v) is 18.5. The molecule has 0 radical (unpaired) electrons. The largest absolute Gasteiger partial charge is 0.510 e. The minimum absolute atomic E-state index is 0.135. The van der Waals surface area contributed by atoms with Crippen LogP contribution in [-0.2, 0) is 15.2 Å². The number of aromatic hydroxyl groups is 1. The second kappa shape index (κ2) is 15.7. The van der Waals surface area contributed by atoms with Crippen molar-refractivity contribution in [2.45, 2.75) is 70.2 Å². The maximum absolute atomic E-state index is 13.3. The number of ketones is 2. The molecule has 8 N–H and O–H groups in total. The highest BCUT2D eigenvalue weighted by molar-refractivity contribution is 6.31. The van der Waals surface area contributed by atoms with Gasteiger partial charge < -0.3 is 41.5 Å². The van der Waals surface area contributed by atoms with Crippen molar-refractivity contribution in [3.05, 3.63) is 87.5 Å². The van der Waals surface area contributed by atoms with E-state index < -0.39 is 75.0 Å². The molecule has 2 aromatic carbocycles. The van der Waals surface area contributed by atoms with Crippen LogP contribution in [0.4, 0.5) is 5.69 Å². The number of primary amides is 1. The van der Waals surface area contributed by atoms with Gasteiger partial charge in [0.1, 0.15) is 22.8 Å². The van der Waals surface area contributed by atoms with Crippen LogP contribution in [0, 0.1) is 11.8 Å². The number of halogens is 1. The van der Waals surface area contributed by atoms with Crippen LogP contribution in [0.1, 0.15) is 62.9 Å². The molecular formula is C40H50ClN5O8. The second-order valence-corrected chi connectivity index (χ2v) is 15.1. The molecular weight excluding hydrogens is 714 g/mol. The summed E-state index contributed by atoms with van der Waals surface area (Å²) in [6, 6.07) is 11.4. The van der Waals surface area contributed by atoms with E-state index >= 15 is 0 Å². The Morgan fingerprint density at radius 3 is 2.41 bits per heavy atom. The zero-order chi connectivity index (χ0) is 39.9. The Morgan fingerprint density at radius 1 is 1.09 bits per heavy atom. The number of aliphatic hydroxyl groups is 4. The number of Topliss-reactive ketones (excluding diaryl/α,β-unsaturated/α-hetero) is 2. The summed E-state index contributed by atoms with van der Waals surface area (Å²) in [5, 5.41) is 60.5. The highest BCUT2D eigenvalue weighted by atomic mass is 35.5. The minimum atomic E-state index is -2.75. The molecule has 14 heteroatoms. The van der Waals surface area contributed by atoms with Crippen molar-refractivity contribution in [1.29, 1.82) is 0 Å². The molecule has 1 unspecified atom stereocenters. The standard InChI is InChI=1S/C22H24N2O8.C18H26ClN3/c1-21(31)8-5-4-6-11(25)12(8)16(26)13-9(21)7-10-15(24(2)3)17(27)14(20(23)30)19(29)22(10,32)18(13)28;1-4-22(5-2)12-6-7-14(3)21-17-10-11-20-18-13-15(19)8-9-16(17)18/h4-6,9-10,15,25,27-28,31-32H,7H2,1-3H3,(H2,23,30);8-11,13-14H,4-7,12H2,1-3H3,(H,20,21)/t9-,10-,15-,21+,22-;/m0./s1. The van der Waals surface area contributed by atoms with Crippen molar-refractivity contribution in [3.63, 3.8) is 0 Å². The molecule has 290 valence electrons. The van der Waals surface area contributed by atoms with Gasteiger partial charge in [0.2, 0.25) is 5.78 Å². The highest BCUT2D eigenvalue weighted by Crippen LogP contribution is 2.56. The number of nitrogens with one attached hydrogen (secondary N) is 1. The normalized spacial score (nSPS) is 25.6. The number of carbonyl (C=O) groups is 3. The number of likely N-dealkylation sites (N-methyl/N-ethyl adjacent to an activating group) is 1. The molecule has 0 saturated heterocycles. The Balaban J connectivity index is 0.000000223. The SMILES string of the molecule is CCN(CC)CCCC(C)Nc1ccnc2cc(Cl)ccc12.CN(C)[C@@H]1C(O)=C(C(N)=O)C(=O)[C@@]2(O)C(O)=C3C(=O)c4c(O)cccc4[C@@](C)(O)[C@H]3C[C@@H]12. The number of fused-ring (bicyclic) bond motifs is 4. The number of rotatable bonds is 10. The molecule has 1 amide bonds. The number of hydrogen-bond acceptors (Lipinski definition) is 12. The molecule has 13 nitrogen and oxygen atoms in total. The van der Waals surface area contributed by atoms with E-state index in [1.165, 1.54) is 57.1 Å². The van der Waals surface area contributed by atoms with Crippen LogP contribution in [-0.4, -0.2) is 109 Å². The number of phenolic OH excluding ortho intramolecular Hbond substituents is 1. The van der Waals surface area contributed by atoms with E-state index in [1.54, 1.807) is 0 Å². The summed E-state index contributed by atoms with van der Waals surface area (Å²) in [6.07, 6.45) is 4.01. The van der Waals surface area contributed by atoms with Crippen LogP contribution in [0.3, 0.4) is 0 Å². The first kappa shape index (κ1) is 40.7. The number of phenols is 1. The molecule has 0 spiro atoms. The van der Waals surface area contributed by atoms with Gasteiger partial charge in [-0.2, -0.15) is 0 Å². The Bertz CT molecular complexity index is 2030. The molecule has 1 heterocycles. The maximum atomic E-state index is 13.3. The number of hydrogen-bond donors (Lipinski definition) is 7. The number of anilines is 1. The third kappa shape index (κ3) is 7.06. The van der Waals surface area contributed by atoms with Gasteiger partial charge in [-0.25, -0.2) is 0 Å². The van der Waals surface area contributed by atoms with Crippen molar-refractivity contribution in [2.24, 2.45) is 17.6 Å². The molecule has 0 fully saturated rings. The summed E-state index contributed by atoms with van der Waals surface area (Å²) in [5.74, 6) is -7.89. The summed E-state index contributed by atoms with van der Waals surface area (Å²) < 4.78 is 0. The predicted octanol–water partition coefficient (Wildman–Crippen LogP) is 4.60. The van der Waals surface area contributed by atoms with Gasteiger partial charge in [-0.15, -0.1) is 0 Å². The van der Waals surface area contributed by atoms with Gasteiger partial charge in [0.25, 0.3) is 5.91 Å². The summed E-state index contributed by atoms with van der Waals surface area (Å²) in [7, 11) is 3.06. The van der Waals surface area contributed by atoms with Crippen LogP contribution >= 0.6 is 11.6 Å². The Labute approximate surface area is 319 Å². The molecule has 0 aliphatic heterocycles. The molecule has 54 heavy (non-hydrogen) atoms. The van der Waals surface area contributed by atoms with Crippen molar-refractivity contribution < 1.29 is 39.9 Å². The van der Waals surface area contributed by atoms with Crippen molar-refractivity contribution in [3.8, 4) is 5.75 Å². The van der Waals surface area contributed by atoms with E-state index in [2.05, 4.69) is 36.0 Å². The van der Waals surface area contributed by atoms with Gasteiger partial charge in [0.15, 0.2) is 11.4 Å². The maximum Gasteiger partial charge on any atom is 0.255 e. The average Bonchev–Trinajstić information content (AvgIpc) is 3.10. The number of nitrogens with zero attached hydrogens (tertiary/aromatic N) is 3. The second-order valence-electron chi connectivity index (χ2n) is 14.7. The number of nitrogens with two attached hydrogens (primary N) is 1. The van der Waals surface area contributed by atoms with Gasteiger partial charge in [0.05, 0.1) is 22.7 Å². The lowest BCUT2D eigenvalue weighted by atomic mass is 9.55. The topological polar surface area (TPSA) is 210 Å². The fraction of sp³-hybridized carbons (Fsp3) is 0.450. The highest BCUT2D eigenvalue weighted by Gasteiger charge is 2.65. The number of aromatic nitrogens is 1. The van der Waals surface area contributed by atoms with Gasteiger partial charge >= 0.3 is 0 Å². The number of amides is 1. The molecule has 1 aromatic heterocycles. The van der Waals surface area contributed by atoms with E-state index in [9.17, 15) is 39.9 Å². The van der Waals surface area contributed by atoms with Crippen LogP contribution in [0.15, 0.2) is 71.3 Å². The summed E-state index contributed by atoms with van der Waals surface area (Å²) in [4.78, 5) is 46.7. The third-order valence-electron chi connectivity index (χ3n) is 11.1. The zero-order valence-corrected chi connectivity index (χ0v) is 32.2. The van der Waals surface area contributed by atoms with Gasteiger partial charge in [-0.05, 0) is 103 Å². The lowest BCUT2D eigenvalue weighted by Gasteiger charge is -2.52. The quantitative estimate of drug-likeness (QED) is 0.141. The predicted molar refractivity (Wildman–Crippen MR) is 206 cm³/mol. The zero-order valence-electron chi connectivity index (χ0n) is 31.4. The third-order valence-corrected chi connectivity index (χ3v) is 11.4. The van der Waals surface area contributed by atoms with Gasteiger partial charge in [0, 0.05) is 45.7 Å². The first-order valence-electron chi connectivity index (χ1n) is 18.1. The van der Waals surface area contributed by atoms with Crippen molar-refractivity contribution >= 4 is 45.7 Å². The Morgan fingerprint density at radius 2 is 1.78 bits per heavy atom. The van der Waals surface area contributed by atoms with E-state index in [1.807, 2.05) is 30.5 Å². The summed E-state index contributed by atoms with van der Waals surface area (Å²) in [6.45, 7) is 11.5. The number of benzene rings is 2. The molecule has 6 rings (SSSR count). The minimum Gasteiger partial charge on any atom is -0.510 e. The number of aliphatic hydroxyl groups excluding tert-OH is 2. The molecule has 6 atom stereocenters. The smallest absolute Gasteiger partial charge is 0.255 e. The summed E-state index contributed by atoms with van der Waals surface area (Å²) >= 11 is 6.04. The Hall–Kier alpha value is -4.53. The first-order chi connectivity index (χ1) is 25.4. The summed E-state index contributed by atoms with van der Waals surface area (Å²) in [5.41, 5.74) is 1.42. The van der Waals surface area contributed by atoms with E-state index in [4.69, 9.17) is 17.3 Å². The van der Waals surface area contributed by atoms with Gasteiger partial charge in [-0.3, -0.25) is 24.3 Å². The Kier molecular flexibility index (Phi) is 11.8. The molecule has 3 aliphatic carbocycles. The van der Waals surface area contributed by atoms with Crippen molar-refractivity contribution in [2.75, 3.05) is 39.0 Å². The molecule has 0 saturated carbocycles. The van der Waals surface area contributed by atoms with Crippen LogP contribution in [0.25, 0.3) is 10.9 Å². The lowest BCUT2D eigenvalue weighted by Crippen LogP contribution is -2.65. The average molecular weight is 764 g/mol. The number of pyridine rings is 1. The van der Waals surface area contributed by atoms with E-state index in [0.717, 1.165) is 41.1 Å². The van der Waals surface area contributed by atoms with Crippen LogP contribution in [0.5, 0.6) is 5.75 Å². The van der Waals surface area contributed by atoms with Crippen LogP contribution < -0.4 is 11.1 Å². The molecule has 0 bridgehead atoms. The van der Waals surface area contributed by atoms with E-state index in [-0.39, 0.29) is 17.5 Å². The van der Waals surface area contributed by atoms with E-state index in [0.29, 0.717) is 6.04 Å². The lowest BCUT2D eigenvalue weighted by molar-refractivity contribution is -0.151.